The summed E-state index contributed by atoms with van der Waals surface area (Å²) in [5, 5.41) is 8.90. The maximum atomic E-state index is 10.8. The van der Waals surface area contributed by atoms with Crippen molar-refractivity contribution in [1.29, 1.82) is 0 Å². The molecule has 0 saturated heterocycles. The zero-order valence-corrected chi connectivity index (χ0v) is 18.0. The molecule has 0 saturated carbocycles. The number of aromatic nitrogens is 2. The third-order valence-electron chi connectivity index (χ3n) is 5.32. The van der Waals surface area contributed by atoms with Crippen LogP contribution in [-0.2, 0) is 24.2 Å². The van der Waals surface area contributed by atoms with Gasteiger partial charge in [-0.15, -0.1) is 0 Å². The molecule has 6 heteroatoms. The van der Waals surface area contributed by atoms with Crippen LogP contribution in [0, 0.1) is 6.92 Å². The van der Waals surface area contributed by atoms with Gasteiger partial charge in [0.25, 0.3) is 0 Å². The lowest BCUT2D eigenvalue weighted by molar-refractivity contribution is -0.136. The van der Waals surface area contributed by atoms with Crippen molar-refractivity contribution in [3.05, 3.63) is 95.6 Å². The summed E-state index contributed by atoms with van der Waals surface area (Å²) in [5.74, 6) is 1.47. The van der Waals surface area contributed by atoms with E-state index in [1.807, 2.05) is 79.9 Å². The van der Waals surface area contributed by atoms with Crippen LogP contribution < -0.4 is 4.74 Å². The number of benzene rings is 2. The average molecular weight is 431 g/mol. The third-order valence-corrected chi connectivity index (χ3v) is 5.32. The number of carboxylic acids is 1. The molecule has 2 heterocycles. The first-order valence-corrected chi connectivity index (χ1v) is 10.7. The molecule has 6 nitrogen and oxygen atoms in total. The zero-order chi connectivity index (χ0) is 22.3. The number of carbonyl (C=O) groups is 1. The summed E-state index contributed by atoms with van der Waals surface area (Å²) in [5.41, 5.74) is 4.02. The maximum Gasteiger partial charge on any atom is 0.303 e. The number of hydrogen-bond acceptors (Lipinski definition) is 4. The fraction of sp³-hybridized carbons (Fsp3) is 0.231. The van der Waals surface area contributed by atoms with Crippen molar-refractivity contribution in [2.45, 2.75) is 32.7 Å². The Morgan fingerprint density at radius 2 is 1.81 bits per heavy atom. The molecule has 0 aliphatic heterocycles. The van der Waals surface area contributed by atoms with Gasteiger partial charge in [-0.1, -0.05) is 30.3 Å². The van der Waals surface area contributed by atoms with Crippen LogP contribution in [0.2, 0.25) is 0 Å². The van der Waals surface area contributed by atoms with Crippen molar-refractivity contribution < 1.29 is 19.1 Å². The average Bonchev–Trinajstić information content (AvgIpc) is 3.40. The first kappa shape index (κ1) is 21.4. The minimum Gasteiger partial charge on any atom is -0.493 e. The van der Waals surface area contributed by atoms with Crippen LogP contribution in [0.25, 0.3) is 11.5 Å². The highest BCUT2D eigenvalue weighted by Gasteiger charge is 2.11. The maximum absolute atomic E-state index is 10.8. The second-order valence-corrected chi connectivity index (χ2v) is 7.65. The molecular formula is C26H26N2O4. The van der Waals surface area contributed by atoms with Crippen molar-refractivity contribution in [2.75, 3.05) is 6.61 Å². The van der Waals surface area contributed by atoms with Crippen molar-refractivity contribution in [3.63, 3.8) is 0 Å². The Bertz CT molecular complexity index is 1160. The van der Waals surface area contributed by atoms with Gasteiger partial charge >= 0.3 is 5.97 Å². The fourth-order valence-electron chi connectivity index (χ4n) is 3.58. The van der Waals surface area contributed by atoms with E-state index in [1.54, 1.807) is 0 Å². The van der Waals surface area contributed by atoms with Gasteiger partial charge in [0.1, 0.15) is 11.5 Å². The molecule has 0 amide bonds. The van der Waals surface area contributed by atoms with Gasteiger partial charge in [-0.2, -0.15) is 0 Å². The molecule has 2 aromatic carbocycles. The predicted octanol–water partition coefficient (Wildman–Crippen LogP) is 5.14. The van der Waals surface area contributed by atoms with E-state index in [0.29, 0.717) is 31.9 Å². The summed E-state index contributed by atoms with van der Waals surface area (Å²) in [4.78, 5) is 15.4. The Balaban J connectivity index is 1.30. The summed E-state index contributed by atoms with van der Waals surface area (Å²) in [6, 6.07) is 21.8. The van der Waals surface area contributed by atoms with Crippen molar-refractivity contribution in [3.8, 4) is 17.2 Å². The van der Waals surface area contributed by atoms with Gasteiger partial charge in [-0.05, 0) is 55.3 Å². The minimum atomic E-state index is -0.781. The van der Waals surface area contributed by atoms with E-state index in [0.717, 1.165) is 34.0 Å². The van der Waals surface area contributed by atoms with E-state index in [2.05, 4.69) is 9.55 Å². The van der Waals surface area contributed by atoms with Crippen LogP contribution in [-0.4, -0.2) is 27.2 Å². The zero-order valence-electron chi connectivity index (χ0n) is 18.0. The number of hydrogen-bond donors (Lipinski definition) is 1. The molecule has 32 heavy (non-hydrogen) atoms. The Hall–Kier alpha value is -3.80. The summed E-state index contributed by atoms with van der Waals surface area (Å²) in [7, 11) is 0. The minimum absolute atomic E-state index is 0.134. The largest absolute Gasteiger partial charge is 0.493 e. The molecule has 0 aliphatic rings. The van der Waals surface area contributed by atoms with E-state index >= 15 is 0 Å². The number of carboxylic acid groups (broad SMARTS) is 1. The number of rotatable bonds is 10. The van der Waals surface area contributed by atoms with Crippen LogP contribution in [0.15, 0.2) is 77.3 Å². The van der Waals surface area contributed by atoms with Crippen LogP contribution >= 0.6 is 0 Å². The number of aliphatic carboxylic acids is 1. The highest BCUT2D eigenvalue weighted by atomic mass is 16.5. The van der Waals surface area contributed by atoms with E-state index in [9.17, 15) is 4.79 Å². The second kappa shape index (κ2) is 10.0. The number of oxazole rings is 1. The van der Waals surface area contributed by atoms with Crippen LogP contribution in [0.3, 0.4) is 0 Å². The standard InChI is InChI=1S/C26H26N2O4/c1-19-24(27-26(32-19)21-6-3-2-4-7-21)15-17-31-23-12-9-20(10-13-23)18-28-16-5-8-22(28)11-14-25(29)30/h2-10,12-13,16H,11,14-15,17-18H2,1H3,(H,29,30). The first-order chi connectivity index (χ1) is 15.6. The molecule has 4 rings (SSSR count). The van der Waals surface area contributed by atoms with Crippen molar-refractivity contribution >= 4 is 5.97 Å². The second-order valence-electron chi connectivity index (χ2n) is 7.65. The van der Waals surface area contributed by atoms with Gasteiger partial charge in [0, 0.05) is 30.4 Å². The van der Waals surface area contributed by atoms with Gasteiger partial charge in [0.2, 0.25) is 5.89 Å². The number of nitrogens with zero attached hydrogens (tertiary/aromatic N) is 2. The predicted molar refractivity (Wildman–Crippen MR) is 122 cm³/mol. The summed E-state index contributed by atoms with van der Waals surface area (Å²) in [6.45, 7) is 3.13. The molecule has 0 spiro atoms. The lowest BCUT2D eigenvalue weighted by Gasteiger charge is -2.10. The molecular weight excluding hydrogens is 404 g/mol. The molecule has 0 atom stereocenters. The van der Waals surface area contributed by atoms with E-state index in [4.69, 9.17) is 14.3 Å². The van der Waals surface area contributed by atoms with E-state index in [-0.39, 0.29) is 6.42 Å². The molecule has 4 aromatic rings. The van der Waals surface area contributed by atoms with Gasteiger partial charge in [-0.25, -0.2) is 4.98 Å². The first-order valence-electron chi connectivity index (χ1n) is 10.7. The van der Waals surface area contributed by atoms with Crippen LogP contribution in [0.4, 0.5) is 0 Å². The Morgan fingerprint density at radius 1 is 1.03 bits per heavy atom. The third kappa shape index (κ3) is 5.46. The summed E-state index contributed by atoms with van der Waals surface area (Å²) < 4.78 is 13.8. The van der Waals surface area contributed by atoms with E-state index in [1.165, 1.54) is 0 Å². The van der Waals surface area contributed by atoms with E-state index < -0.39 is 5.97 Å². The molecule has 0 unspecified atom stereocenters. The van der Waals surface area contributed by atoms with Crippen molar-refractivity contribution in [2.24, 2.45) is 0 Å². The van der Waals surface area contributed by atoms with Gasteiger partial charge < -0.3 is 18.8 Å². The smallest absolute Gasteiger partial charge is 0.303 e. The molecule has 0 aliphatic carbocycles. The highest BCUT2D eigenvalue weighted by Crippen LogP contribution is 2.22. The molecule has 2 aromatic heterocycles. The summed E-state index contributed by atoms with van der Waals surface area (Å²) >= 11 is 0. The quantitative estimate of drug-likeness (QED) is 0.377. The lowest BCUT2D eigenvalue weighted by Crippen LogP contribution is -2.06. The molecule has 1 N–H and O–H groups in total. The number of ether oxygens (including phenoxy) is 1. The Morgan fingerprint density at radius 3 is 2.56 bits per heavy atom. The highest BCUT2D eigenvalue weighted by molar-refractivity contribution is 5.67. The summed E-state index contributed by atoms with van der Waals surface area (Å²) in [6.07, 6.45) is 3.30. The Kier molecular flexibility index (Phi) is 6.70. The monoisotopic (exact) mass is 430 g/mol. The van der Waals surface area contributed by atoms with Crippen LogP contribution in [0.5, 0.6) is 5.75 Å². The van der Waals surface area contributed by atoms with Gasteiger partial charge in [-0.3, -0.25) is 4.79 Å². The normalized spacial score (nSPS) is 10.9. The lowest BCUT2D eigenvalue weighted by atomic mass is 10.2. The van der Waals surface area contributed by atoms with Crippen LogP contribution in [0.1, 0.15) is 29.1 Å². The molecule has 0 fully saturated rings. The van der Waals surface area contributed by atoms with Crippen molar-refractivity contribution in [1.82, 2.24) is 9.55 Å². The number of aryl methyl sites for hydroxylation is 2. The molecule has 164 valence electrons. The Labute approximate surface area is 187 Å². The topological polar surface area (TPSA) is 77.5 Å². The molecule has 0 bridgehead atoms. The van der Waals surface area contributed by atoms with Gasteiger partial charge in [0.15, 0.2) is 0 Å². The SMILES string of the molecule is Cc1oc(-c2ccccc2)nc1CCOc1ccc(Cn2cccc2CCC(=O)O)cc1. The van der Waals surface area contributed by atoms with Gasteiger partial charge in [0.05, 0.1) is 18.7 Å². The fourth-order valence-corrected chi connectivity index (χ4v) is 3.58. The molecule has 0 radical (unpaired) electrons.